The van der Waals surface area contributed by atoms with E-state index in [1.54, 1.807) is 0 Å². The van der Waals surface area contributed by atoms with Crippen molar-refractivity contribution in [3.63, 3.8) is 0 Å². The maximum Gasteiger partial charge on any atom is 0.00977 e. The van der Waals surface area contributed by atoms with Crippen LogP contribution in [0.1, 0.15) is 27.2 Å². The Kier molecular flexibility index (Phi) is 2.12. The third-order valence-corrected chi connectivity index (χ3v) is 2.62. The molecule has 1 aliphatic rings. The quantitative estimate of drug-likeness (QED) is 0.594. The van der Waals surface area contributed by atoms with Gasteiger partial charge in [0.25, 0.3) is 0 Å². The van der Waals surface area contributed by atoms with Crippen LogP contribution in [0.5, 0.6) is 0 Å². The van der Waals surface area contributed by atoms with Crippen molar-refractivity contribution in [1.29, 1.82) is 0 Å². The zero-order valence-electron chi connectivity index (χ0n) is 6.65. The van der Waals surface area contributed by atoms with E-state index in [0.29, 0.717) is 0 Å². The van der Waals surface area contributed by atoms with E-state index in [0.717, 1.165) is 24.4 Å². The first-order chi connectivity index (χ1) is 4.25. The Balaban J connectivity index is 2.17. The summed E-state index contributed by atoms with van der Waals surface area (Å²) in [7, 11) is 0. The molecular weight excluding hydrogens is 110 g/mol. The second-order valence-electron chi connectivity index (χ2n) is 3.24. The van der Waals surface area contributed by atoms with Crippen LogP contribution in [-0.2, 0) is 0 Å². The lowest BCUT2D eigenvalue weighted by atomic mass is 9.71. The Morgan fingerprint density at radius 2 is 2.11 bits per heavy atom. The van der Waals surface area contributed by atoms with Crippen LogP contribution in [0.2, 0.25) is 0 Å². The highest BCUT2D eigenvalue weighted by Gasteiger charge is 2.32. The van der Waals surface area contributed by atoms with E-state index >= 15 is 0 Å². The highest BCUT2D eigenvalue weighted by molar-refractivity contribution is 4.88. The summed E-state index contributed by atoms with van der Waals surface area (Å²) < 4.78 is 0. The maximum atomic E-state index is 3.46. The lowest BCUT2D eigenvalue weighted by Crippen LogP contribution is -2.47. The molecule has 3 unspecified atom stereocenters. The molecule has 0 radical (unpaired) electrons. The number of hydrogen-bond donors (Lipinski definition) is 1. The molecule has 0 spiro atoms. The van der Waals surface area contributed by atoms with Gasteiger partial charge in [-0.15, -0.1) is 0 Å². The van der Waals surface area contributed by atoms with Crippen LogP contribution in [0.4, 0.5) is 0 Å². The Morgan fingerprint density at radius 3 is 2.44 bits per heavy atom. The molecule has 0 saturated heterocycles. The highest BCUT2D eigenvalue weighted by atomic mass is 14.9. The molecule has 9 heavy (non-hydrogen) atoms. The number of rotatable bonds is 2. The molecule has 0 bridgehead atoms. The molecule has 3 atom stereocenters. The molecule has 0 heterocycles. The molecule has 1 fully saturated rings. The van der Waals surface area contributed by atoms with Crippen LogP contribution < -0.4 is 5.32 Å². The second-order valence-corrected chi connectivity index (χ2v) is 3.24. The van der Waals surface area contributed by atoms with Crippen molar-refractivity contribution in [2.24, 2.45) is 11.8 Å². The number of nitrogens with one attached hydrogen (secondary N) is 1. The first-order valence-electron chi connectivity index (χ1n) is 3.99. The van der Waals surface area contributed by atoms with Gasteiger partial charge in [0.05, 0.1) is 0 Å². The van der Waals surface area contributed by atoms with E-state index in [2.05, 4.69) is 26.1 Å². The normalized spacial score (nSPS) is 42.3. The third-order valence-electron chi connectivity index (χ3n) is 2.62. The van der Waals surface area contributed by atoms with Crippen molar-refractivity contribution in [1.82, 2.24) is 5.32 Å². The topological polar surface area (TPSA) is 12.0 Å². The van der Waals surface area contributed by atoms with E-state index in [1.807, 2.05) is 0 Å². The van der Waals surface area contributed by atoms with Crippen LogP contribution >= 0.6 is 0 Å². The molecule has 1 aliphatic carbocycles. The minimum atomic E-state index is 0.824. The summed E-state index contributed by atoms with van der Waals surface area (Å²) in [5.74, 6) is 1.86. The monoisotopic (exact) mass is 127 g/mol. The third kappa shape index (κ3) is 1.26. The molecule has 0 aliphatic heterocycles. The van der Waals surface area contributed by atoms with Gasteiger partial charge in [-0.05, 0) is 24.8 Å². The minimum absolute atomic E-state index is 0.824. The highest BCUT2D eigenvalue weighted by Crippen LogP contribution is 2.33. The van der Waals surface area contributed by atoms with E-state index in [9.17, 15) is 0 Å². The Hall–Kier alpha value is -0.0400. The largest absolute Gasteiger partial charge is 0.314 e. The van der Waals surface area contributed by atoms with Crippen molar-refractivity contribution in [2.75, 3.05) is 6.54 Å². The summed E-state index contributed by atoms with van der Waals surface area (Å²) in [5.41, 5.74) is 0. The van der Waals surface area contributed by atoms with Gasteiger partial charge in [-0.25, -0.2) is 0 Å². The average molecular weight is 127 g/mol. The predicted molar refractivity (Wildman–Crippen MR) is 40.4 cm³/mol. The van der Waals surface area contributed by atoms with Gasteiger partial charge in [-0.3, -0.25) is 0 Å². The van der Waals surface area contributed by atoms with Gasteiger partial charge in [-0.2, -0.15) is 0 Å². The fourth-order valence-electron chi connectivity index (χ4n) is 1.56. The smallest absolute Gasteiger partial charge is 0.00977 e. The molecule has 1 heteroatoms. The fraction of sp³-hybridized carbons (Fsp3) is 1.00. The van der Waals surface area contributed by atoms with Crippen LogP contribution in [0.25, 0.3) is 0 Å². The van der Waals surface area contributed by atoms with Crippen LogP contribution in [0.15, 0.2) is 0 Å². The van der Waals surface area contributed by atoms with Crippen molar-refractivity contribution >= 4 is 0 Å². The molecule has 1 saturated carbocycles. The molecule has 0 aromatic carbocycles. The second kappa shape index (κ2) is 2.70. The molecule has 0 aromatic rings. The molecule has 1 N–H and O–H groups in total. The molecule has 0 amide bonds. The maximum absolute atomic E-state index is 3.46. The van der Waals surface area contributed by atoms with E-state index in [1.165, 1.54) is 6.42 Å². The lowest BCUT2D eigenvalue weighted by Gasteiger charge is -2.41. The Bertz CT molecular complexity index is 88.6. The summed E-state index contributed by atoms with van der Waals surface area (Å²) in [6.07, 6.45) is 1.38. The summed E-state index contributed by atoms with van der Waals surface area (Å²) in [4.78, 5) is 0. The molecule has 1 nitrogen and oxygen atoms in total. The Morgan fingerprint density at radius 1 is 1.44 bits per heavy atom. The molecule has 0 aromatic heterocycles. The van der Waals surface area contributed by atoms with Gasteiger partial charge in [0.15, 0.2) is 0 Å². The van der Waals surface area contributed by atoms with Crippen molar-refractivity contribution in [3.05, 3.63) is 0 Å². The van der Waals surface area contributed by atoms with Crippen LogP contribution in [0.3, 0.4) is 0 Å². The summed E-state index contributed by atoms with van der Waals surface area (Å²) in [5, 5.41) is 3.46. The summed E-state index contributed by atoms with van der Waals surface area (Å²) >= 11 is 0. The zero-order valence-corrected chi connectivity index (χ0v) is 6.65. The van der Waals surface area contributed by atoms with Gasteiger partial charge < -0.3 is 5.32 Å². The first-order valence-corrected chi connectivity index (χ1v) is 3.99. The van der Waals surface area contributed by atoms with Crippen molar-refractivity contribution < 1.29 is 0 Å². The average Bonchev–Trinajstić information content (AvgIpc) is 1.88. The molecular formula is C8H17N. The van der Waals surface area contributed by atoms with E-state index in [-0.39, 0.29) is 0 Å². The lowest BCUT2D eigenvalue weighted by molar-refractivity contribution is 0.140. The SMILES string of the molecule is CCNC1CC(C)C1C. The van der Waals surface area contributed by atoms with Gasteiger partial charge in [0.2, 0.25) is 0 Å². The fourth-order valence-corrected chi connectivity index (χ4v) is 1.56. The minimum Gasteiger partial charge on any atom is -0.314 e. The summed E-state index contributed by atoms with van der Waals surface area (Å²) in [6, 6.07) is 0.824. The zero-order chi connectivity index (χ0) is 6.85. The standard InChI is InChI=1S/C8H17N/c1-4-9-8-5-6(2)7(8)3/h6-9H,4-5H2,1-3H3. The Labute approximate surface area is 57.8 Å². The van der Waals surface area contributed by atoms with Gasteiger partial charge in [0, 0.05) is 6.04 Å². The first kappa shape index (κ1) is 7.07. The van der Waals surface area contributed by atoms with E-state index in [4.69, 9.17) is 0 Å². The van der Waals surface area contributed by atoms with Gasteiger partial charge >= 0.3 is 0 Å². The van der Waals surface area contributed by atoms with Crippen molar-refractivity contribution in [3.8, 4) is 0 Å². The van der Waals surface area contributed by atoms with Crippen molar-refractivity contribution in [2.45, 2.75) is 33.2 Å². The molecule has 1 rings (SSSR count). The van der Waals surface area contributed by atoms with Crippen LogP contribution in [-0.4, -0.2) is 12.6 Å². The summed E-state index contributed by atoms with van der Waals surface area (Å²) in [6.45, 7) is 7.97. The van der Waals surface area contributed by atoms with Crippen LogP contribution in [0, 0.1) is 11.8 Å². The van der Waals surface area contributed by atoms with Gasteiger partial charge in [-0.1, -0.05) is 20.8 Å². The van der Waals surface area contributed by atoms with Gasteiger partial charge in [0.1, 0.15) is 0 Å². The molecule has 54 valence electrons. The van der Waals surface area contributed by atoms with E-state index < -0.39 is 0 Å². The predicted octanol–water partition coefficient (Wildman–Crippen LogP) is 1.64. The number of hydrogen-bond acceptors (Lipinski definition) is 1.